The molecule has 0 saturated heterocycles. The molecule has 7 heteroatoms. The number of nitriles is 1. The number of nitrogens with two attached hydrogens (primary N) is 1. The molecule has 21 heavy (non-hydrogen) atoms. The number of nitrogens with zero attached hydrogens (tertiary/aromatic N) is 1. The summed E-state index contributed by atoms with van der Waals surface area (Å²) in [7, 11) is 0. The zero-order valence-corrected chi connectivity index (χ0v) is 12.7. The first-order valence-corrected chi connectivity index (χ1v) is 6.60. The molecule has 0 atom stereocenters. The lowest BCUT2D eigenvalue weighted by Crippen LogP contribution is -2.18. The van der Waals surface area contributed by atoms with Gasteiger partial charge in [-0.25, -0.2) is 0 Å². The largest absolute Gasteiger partial charge is 0.457 e. The smallest absolute Gasteiger partial charge is 0.310 e. The zero-order chi connectivity index (χ0) is 16.0. The topological polar surface area (TPSA) is 93.2 Å². The van der Waals surface area contributed by atoms with E-state index >= 15 is 0 Å². The van der Waals surface area contributed by atoms with E-state index in [2.05, 4.69) is 0 Å². The van der Waals surface area contributed by atoms with Gasteiger partial charge in [-0.3, -0.25) is 9.59 Å². The van der Waals surface area contributed by atoms with Crippen LogP contribution in [-0.4, -0.2) is 18.4 Å². The Hall–Kier alpha value is -2.03. The Morgan fingerprint density at radius 2 is 1.90 bits per heavy atom. The highest BCUT2D eigenvalue weighted by Gasteiger charge is 2.16. The van der Waals surface area contributed by atoms with Crippen molar-refractivity contribution in [3.8, 4) is 6.07 Å². The predicted octanol–water partition coefficient (Wildman–Crippen LogP) is 2.40. The molecule has 0 spiro atoms. The van der Waals surface area contributed by atoms with Gasteiger partial charge in [0.1, 0.15) is 11.6 Å². The molecular formula is C14H12Cl2N2O3. The third-order valence-electron chi connectivity index (χ3n) is 2.53. The van der Waals surface area contributed by atoms with Crippen molar-refractivity contribution in [3.05, 3.63) is 45.1 Å². The lowest BCUT2D eigenvalue weighted by Gasteiger charge is -2.07. The molecule has 0 unspecified atom stereocenters. The molecule has 2 N–H and O–H groups in total. The van der Waals surface area contributed by atoms with Gasteiger partial charge in [0.15, 0.2) is 6.61 Å². The molecule has 1 aromatic carbocycles. The van der Waals surface area contributed by atoms with Crippen LogP contribution in [0.1, 0.15) is 12.5 Å². The second kappa shape index (κ2) is 7.67. The van der Waals surface area contributed by atoms with Crippen LogP contribution in [0.5, 0.6) is 0 Å². The normalized spacial score (nSPS) is 11.3. The second-order valence-electron chi connectivity index (χ2n) is 4.13. The van der Waals surface area contributed by atoms with Crippen molar-refractivity contribution < 1.29 is 14.3 Å². The number of ether oxygens (including phenoxy) is 1. The first kappa shape index (κ1) is 17.0. The number of halogens is 2. The van der Waals surface area contributed by atoms with E-state index in [1.165, 1.54) is 6.92 Å². The number of Topliss-reactive ketones (excluding diaryl/α,β-unsaturated/α-hetero) is 1. The molecule has 0 amide bonds. The molecule has 0 aliphatic heterocycles. The van der Waals surface area contributed by atoms with Gasteiger partial charge in [-0.2, -0.15) is 5.26 Å². The van der Waals surface area contributed by atoms with Crippen LogP contribution in [0.3, 0.4) is 0 Å². The fourth-order valence-electron chi connectivity index (χ4n) is 1.49. The van der Waals surface area contributed by atoms with E-state index in [0.29, 0.717) is 15.6 Å². The average molecular weight is 327 g/mol. The molecule has 5 nitrogen and oxygen atoms in total. The molecule has 0 heterocycles. The number of hydrogen-bond acceptors (Lipinski definition) is 5. The van der Waals surface area contributed by atoms with E-state index in [1.807, 2.05) is 0 Å². The maximum atomic E-state index is 11.7. The quantitative estimate of drug-likeness (QED) is 0.509. The van der Waals surface area contributed by atoms with Crippen molar-refractivity contribution in [3.63, 3.8) is 0 Å². The van der Waals surface area contributed by atoms with Crippen LogP contribution in [0.25, 0.3) is 0 Å². The molecule has 0 fully saturated rings. The lowest BCUT2D eigenvalue weighted by atomic mass is 10.1. The van der Waals surface area contributed by atoms with Crippen LogP contribution in [-0.2, 0) is 20.7 Å². The van der Waals surface area contributed by atoms with Crippen molar-refractivity contribution >= 4 is 35.0 Å². The molecular weight excluding hydrogens is 315 g/mol. The summed E-state index contributed by atoms with van der Waals surface area (Å²) in [5.74, 6) is -1.33. The van der Waals surface area contributed by atoms with E-state index in [1.54, 1.807) is 24.3 Å². The Bertz CT molecular complexity index is 624. The summed E-state index contributed by atoms with van der Waals surface area (Å²) in [5.41, 5.74) is 5.65. The van der Waals surface area contributed by atoms with Crippen molar-refractivity contribution in [1.82, 2.24) is 0 Å². The maximum absolute atomic E-state index is 11.7. The zero-order valence-electron chi connectivity index (χ0n) is 11.2. The maximum Gasteiger partial charge on any atom is 0.310 e. The van der Waals surface area contributed by atoms with Gasteiger partial charge in [-0.15, -0.1) is 0 Å². The highest BCUT2D eigenvalue weighted by atomic mass is 35.5. The standard InChI is InChI=1S/C14H12Cl2N2O3/c1-8(18)10(6-17)13(19)7-21-14(20)5-9-11(15)3-2-4-12(9)16/h2-4H,5,7,18H2,1H3/b10-8-. The molecule has 0 saturated carbocycles. The predicted molar refractivity (Wildman–Crippen MR) is 78.6 cm³/mol. The summed E-state index contributed by atoms with van der Waals surface area (Å²) in [6.07, 6.45) is -0.168. The molecule has 0 aliphatic rings. The van der Waals surface area contributed by atoms with Gasteiger partial charge >= 0.3 is 5.97 Å². The summed E-state index contributed by atoms with van der Waals surface area (Å²) < 4.78 is 4.80. The van der Waals surface area contributed by atoms with Gasteiger partial charge < -0.3 is 10.5 Å². The van der Waals surface area contributed by atoms with Crippen LogP contribution < -0.4 is 5.73 Å². The Balaban J connectivity index is 2.66. The van der Waals surface area contributed by atoms with E-state index in [4.69, 9.17) is 38.9 Å². The number of hydrogen-bond donors (Lipinski definition) is 1. The van der Waals surface area contributed by atoms with E-state index in [0.717, 1.165) is 0 Å². The summed E-state index contributed by atoms with van der Waals surface area (Å²) in [6.45, 7) is 0.861. The highest BCUT2D eigenvalue weighted by molar-refractivity contribution is 6.36. The Labute approximate surface area is 131 Å². The minimum Gasteiger partial charge on any atom is -0.457 e. The van der Waals surface area contributed by atoms with Crippen LogP contribution in [0.15, 0.2) is 29.5 Å². The lowest BCUT2D eigenvalue weighted by molar-refractivity contribution is -0.146. The minimum atomic E-state index is -0.676. The Morgan fingerprint density at radius 3 is 2.38 bits per heavy atom. The van der Waals surface area contributed by atoms with Gasteiger partial charge in [0.2, 0.25) is 5.78 Å². The molecule has 0 bridgehead atoms. The van der Waals surface area contributed by atoms with Crippen molar-refractivity contribution in [2.24, 2.45) is 5.73 Å². The van der Waals surface area contributed by atoms with E-state index in [-0.39, 0.29) is 17.7 Å². The number of allylic oxidation sites excluding steroid dienone is 1. The van der Waals surface area contributed by atoms with Crippen LogP contribution in [0.2, 0.25) is 10.0 Å². The fraction of sp³-hybridized carbons (Fsp3) is 0.214. The number of benzene rings is 1. The Kier molecular flexibility index (Phi) is 6.22. The van der Waals surface area contributed by atoms with E-state index < -0.39 is 18.4 Å². The molecule has 110 valence electrons. The van der Waals surface area contributed by atoms with Gasteiger partial charge in [0, 0.05) is 21.3 Å². The van der Waals surface area contributed by atoms with Gasteiger partial charge in [-0.05, 0) is 19.1 Å². The van der Waals surface area contributed by atoms with Gasteiger partial charge in [0.25, 0.3) is 0 Å². The molecule has 0 radical (unpaired) electrons. The summed E-state index contributed by atoms with van der Waals surface area (Å²) in [4.78, 5) is 23.3. The molecule has 0 aromatic heterocycles. The van der Waals surface area contributed by atoms with Crippen molar-refractivity contribution in [1.29, 1.82) is 5.26 Å². The van der Waals surface area contributed by atoms with Crippen molar-refractivity contribution in [2.45, 2.75) is 13.3 Å². The first-order valence-electron chi connectivity index (χ1n) is 5.85. The number of rotatable bonds is 5. The SMILES string of the molecule is C/C(N)=C(\C#N)C(=O)COC(=O)Cc1c(Cl)cccc1Cl. The summed E-state index contributed by atoms with van der Waals surface area (Å²) in [6, 6.07) is 6.50. The summed E-state index contributed by atoms with van der Waals surface area (Å²) >= 11 is 11.8. The monoisotopic (exact) mass is 326 g/mol. The van der Waals surface area contributed by atoms with Crippen molar-refractivity contribution in [2.75, 3.05) is 6.61 Å². The summed E-state index contributed by atoms with van der Waals surface area (Å²) in [5, 5.41) is 9.42. The van der Waals surface area contributed by atoms with Crippen LogP contribution >= 0.6 is 23.2 Å². The average Bonchev–Trinajstić information content (AvgIpc) is 2.41. The third-order valence-corrected chi connectivity index (χ3v) is 3.24. The minimum absolute atomic E-state index is 0.0766. The van der Waals surface area contributed by atoms with E-state index in [9.17, 15) is 9.59 Å². The second-order valence-corrected chi connectivity index (χ2v) is 4.95. The van der Waals surface area contributed by atoms with Crippen LogP contribution in [0, 0.1) is 11.3 Å². The first-order chi connectivity index (χ1) is 9.86. The number of carbonyl (C=O) groups excluding carboxylic acids is 2. The van der Waals surface area contributed by atoms with Gasteiger partial charge in [-0.1, -0.05) is 29.3 Å². The fourth-order valence-corrected chi connectivity index (χ4v) is 2.02. The molecule has 1 aromatic rings. The number of ketones is 1. The third kappa shape index (κ3) is 4.78. The number of carbonyl (C=O) groups is 2. The van der Waals surface area contributed by atoms with Crippen LogP contribution in [0.4, 0.5) is 0 Å². The number of esters is 1. The van der Waals surface area contributed by atoms with Gasteiger partial charge in [0.05, 0.1) is 6.42 Å². The highest BCUT2D eigenvalue weighted by Crippen LogP contribution is 2.24. The molecule has 1 rings (SSSR count). The Morgan fingerprint density at radius 1 is 1.33 bits per heavy atom. The molecule has 0 aliphatic carbocycles.